The molecular weight excluding hydrogens is 278 g/mol. The van der Waals surface area contributed by atoms with Crippen LogP contribution in [0.15, 0.2) is 24.4 Å². The van der Waals surface area contributed by atoms with Crippen molar-refractivity contribution in [3.63, 3.8) is 0 Å². The van der Waals surface area contributed by atoms with Gasteiger partial charge in [-0.15, -0.1) is 5.10 Å². The molecule has 1 saturated carbocycles. The SMILES string of the molecule is COc1ccc(Cl)cc1Nc1cnnc(NC2CC2)n1. The normalized spacial score (nSPS) is 13.9. The van der Waals surface area contributed by atoms with Crippen molar-refractivity contribution in [2.75, 3.05) is 17.7 Å². The number of benzene rings is 1. The Bertz CT molecular complexity index is 617. The van der Waals surface area contributed by atoms with Gasteiger partial charge >= 0.3 is 0 Å². The van der Waals surface area contributed by atoms with Crippen LogP contribution in [-0.4, -0.2) is 28.3 Å². The second-order valence-corrected chi connectivity index (χ2v) is 4.99. The van der Waals surface area contributed by atoms with Gasteiger partial charge in [-0.05, 0) is 31.0 Å². The van der Waals surface area contributed by atoms with E-state index in [-0.39, 0.29) is 0 Å². The lowest BCUT2D eigenvalue weighted by atomic mass is 10.3. The number of nitrogens with one attached hydrogen (secondary N) is 2. The van der Waals surface area contributed by atoms with E-state index in [1.807, 2.05) is 0 Å². The summed E-state index contributed by atoms with van der Waals surface area (Å²) in [6.45, 7) is 0. The molecule has 1 aromatic heterocycles. The largest absolute Gasteiger partial charge is 0.495 e. The number of aromatic nitrogens is 3. The van der Waals surface area contributed by atoms with Crippen molar-refractivity contribution in [3.8, 4) is 5.75 Å². The van der Waals surface area contributed by atoms with E-state index in [2.05, 4.69) is 25.8 Å². The van der Waals surface area contributed by atoms with Crippen LogP contribution in [0.2, 0.25) is 5.02 Å². The van der Waals surface area contributed by atoms with Gasteiger partial charge in [-0.25, -0.2) is 0 Å². The Morgan fingerprint density at radius 3 is 2.95 bits per heavy atom. The summed E-state index contributed by atoms with van der Waals surface area (Å²) < 4.78 is 5.28. The molecule has 0 spiro atoms. The fourth-order valence-electron chi connectivity index (χ4n) is 1.75. The number of anilines is 3. The van der Waals surface area contributed by atoms with E-state index in [1.165, 1.54) is 0 Å². The van der Waals surface area contributed by atoms with E-state index in [4.69, 9.17) is 16.3 Å². The van der Waals surface area contributed by atoms with Crippen molar-refractivity contribution < 1.29 is 4.74 Å². The van der Waals surface area contributed by atoms with Gasteiger partial charge in [0, 0.05) is 11.1 Å². The van der Waals surface area contributed by atoms with Gasteiger partial charge in [-0.1, -0.05) is 11.6 Å². The van der Waals surface area contributed by atoms with Crippen LogP contribution in [0.3, 0.4) is 0 Å². The number of ether oxygens (including phenoxy) is 1. The van der Waals surface area contributed by atoms with Gasteiger partial charge in [0.15, 0.2) is 5.82 Å². The van der Waals surface area contributed by atoms with Crippen molar-refractivity contribution >= 4 is 29.1 Å². The van der Waals surface area contributed by atoms with Crippen LogP contribution in [0.25, 0.3) is 0 Å². The Labute approximate surface area is 121 Å². The number of hydrogen-bond acceptors (Lipinski definition) is 6. The van der Waals surface area contributed by atoms with Crippen molar-refractivity contribution in [2.45, 2.75) is 18.9 Å². The van der Waals surface area contributed by atoms with Crippen LogP contribution in [-0.2, 0) is 0 Å². The Morgan fingerprint density at radius 2 is 2.20 bits per heavy atom. The summed E-state index contributed by atoms with van der Waals surface area (Å²) in [5.41, 5.74) is 0.734. The average molecular weight is 292 g/mol. The van der Waals surface area contributed by atoms with Crippen molar-refractivity contribution in [3.05, 3.63) is 29.4 Å². The molecule has 0 radical (unpaired) electrons. The van der Waals surface area contributed by atoms with E-state index in [9.17, 15) is 0 Å². The fourth-order valence-corrected chi connectivity index (χ4v) is 1.92. The van der Waals surface area contributed by atoms with Crippen LogP contribution in [0.5, 0.6) is 5.75 Å². The fraction of sp³-hybridized carbons (Fsp3) is 0.308. The third-order valence-corrected chi connectivity index (χ3v) is 3.13. The topological polar surface area (TPSA) is 72.0 Å². The predicted octanol–water partition coefficient (Wildman–Crippen LogP) is 2.85. The minimum atomic E-state index is 0.479. The summed E-state index contributed by atoms with van der Waals surface area (Å²) in [5, 5.41) is 14.8. The summed E-state index contributed by atoms with van der Waals surface area (Å²) in [4.78, 5) is 4.36. The van der Waals surface area contributed by atoms with E-state index in [0.29, 0.717) is 28.6 Å². The Kier molecular flexibility index (Phi) is 3.56. The molecule has 1 aliphatic rings. The molecule has 0 unspecified atom stereocenters. The minimum absolute atomic E-state index is 0.479. The first-order valence-corrected chi connectivity index (χ1v) is 6.69. The lowest BCUT2D eigenvalue weighted by molar-refractivity contribution is 0.417. The van der Waals surface area contributed by atoms with Crippen molar-refractivity contribution in [1.29, 1.82) is 0 Å². The zero-order valence-corrected chi connectivity index (χ0v) is 11.7. The Balaban J connectivity index is 1.81. The highest BCUT2D eigenvalue weighted by atomic mass is 35.5. The molecule has 7 heteroatoms. The van der Waals surface area contributed by atoms with Gasteiger partial charge in [0.2, 0.25) is 5.95 Å². The highest BCUT2D eigenvalue weighted by Gasteiger charge is 2.22. The van der Waals surface area contributed by atoms with Crippen molar-refractivity contribution in [2.24, 2.45) is 0 Å². The molecule has 20 heavy (non-hydrogen) atoms. The number of nitrogens with zero attached hydrogens (tertiary/aromatic N) is 3. The molecule has 2 N–H and O–H groups in total. The molecule has 0 aliphatic heterocycles. The Hall–Kier alpha value is -2.08. The first-order valence-electron chi connectivity index (χ1n) is 6.31. The monoisotopic (exact) mass is 291 g/mol. The highest BCUT2D eigenvalue weighted by molar-refractivity contribution is 6.31. The molecule has 1 heterocycles. The number of rotatable bonds is 5. The van der Waals surface area contributed by atoms with Gasteiger partial charge < -0.3 is 15.4 Å². The lowest BCUT2D eigenvalue weighted by Gasteiger charge is -2.11. The lowest BCUT2D eigenvalue weighted by Crippen LogP contribution is -2.08. The van der Waals surface area contributed by atoms with E-state index in [1.54, 1.807) is 31.5 Å². The van der Waals surface area contributed by atoms with Gasteiger partial charge in [0.05, 0.1) is 19.0 Å². The summed E-state index contributed by atoms with van der Waals surface area (Å²) in [6.07, 6.45) is 3.87. The van der Waals surface area contributed by atoms with Crippen LogP contribution in [0.1, 0.15) is 12.8 Å². The summed E-state index contributed by atoms with van der Waals surface area (Å²) in [6, 6.07) is 5.82. The molecule has 104 valence electrons. The second kappa shape index (κ2) is 5.50. The van der Waals surface area contributed by atoms with Crippen LogP contribution in [0.4, 0.5) is 17.5 Å². The number of methoxy groups -OCH3 is 1. The molecule has 0 bridgehead atoms. The van der Waals surface area contributed by atoms with Crippen LogP contribution >= 0.6 is 11.6 Å². The van der Waals surface area contributed by atoms with E-state index < -0.39 is 0 Å². The summed E-state index contributed by atoms with van der Waals surface area (Å²) >= 11 is 5.99. The van der Waals surface area contributed by atoms with Gasteiger partial charge in [-0.2, -0.15) is 10.1 Å². The predicted molar refractivity (Wildman–Crippen MR) is 77.8 cm³/mol. The van der Waals surface area contributed by atoms with Gasteiger partial charge in [-0.3, -0.25) is 0 Å². The standard InChI is InChI=1S/C13H14ClN5O/c1-20-11-5-2-8(14)6-10(11)17-12-7-15-19-13(18-12)16-9-3-4-9/h2,5-7,9H,3-4H2,1H3,(H2,16,17,18,19). The molecule has 2 aromatic rings. The first-order chi connectivity index (χ1) is 9.74. The summed E-state index contributed by atoms with van der Waals surface area (Å²) in [7, 11) is 1.60. The molecule has 1 aliphatic carbocycles. The van der Waals surface area contributed by atoms with E-state index in [0.717, 1.165) is 18.5 Å². The maximum absolute atomic E-state index is 5.99. The first kappa shape index (κ1) is 12.9. The number of halogens is 1. The Morgan fingerprint density at radius 1 is 1.35 bits per heavy atom. The maximum Gasteiger partial charge on any atom is 0.244 e. The maximum atomic E-state index is 5.99. The molecule has 6 nitrogen and oxygen atoms in total. The average Bonchev–Trinajstić information content (AvgIpc) is 3.23. The smallest absolute Gasteiger partial charge is 0.244 e. The van der Waals surface area contributed by atoms with Crippen LogP contribution in [0, 0.1) is 0 Å². The highest BCUT2D eigenvalue weighted by Crippen LogP contribution is 2.30. The molecule has 0 atom stereocenters. The third kappa shape index (κ3) is 3.08. The quantitative estimate of drug-likeness (QED) is 0.882. The second-order valence-electron chi connectivity index (χ2n) is 4.55. The van der Waals surface area contributed by atoms with Crippen molar-refractivity contribution in [1.82, 2.24) is 15.2 Å². The summed E-state index contributed by atoms with van der Waals surface area (Å²) in [5.74, 6) is 1.80. The molecule has 1 aromatic carbocycles. The molecule has 0 saturated heterocycles. The molecular formula is C13H14ClN5O. The van der Waals surface area contributed by atoms with Gasteiger partial charge in [0.1, 0.15) is 5.75 Å². The van der Waals surface area contributed by atoms with Gasteiger partial charge in [0.25, 0.3) is 0 Å². The zero-order chi connectivity index (χ0) is 13.9. The number of hydrogen-bond donors (Lipinski definition) is 2. The molecule has 3 rings (SSSR count). The molecule has 0 amide bonds. The molecule has 1 fully saturated rings. The third-order valence-electron chi connectivity index (χ3n) is 2.89. The van der Waals surface area contributed by atoms with Crippen LogP contribution < -0.4 is 15.4 Å². The zero-order valence-electron chi connectivity index (χ0n) is 10.9. The van der Waals surface area contributed by atoms with E-state index >= 15 is 0 Å². The minimum Gasteiger partial charge on any atom is -0.495 e.